The van der Waals surface area contributed by atoms with Crippen LogP contribution in [0.4, 0.5) is 0 Å². The van der Waals surface area contributed by atoms with Gasteiger partial charge in [-0.05, 0) is 47.8 Å². The third kappa shape index (κ3) is 4.07. The minimum Gasteiger partial charge on any atom is -0.390 e. The monoisotopic (exact) mass is 365 g/mol. The van der Waals surface area contributed by atoms with Crippen LogP contribution in [0.3, 0.4) is 0 Å². The van der Waals surface area contributed by atoms with Crippen LogP contribution in [-0.4, -0.2) is 46.3 Å². The summed E-state index contributed by atoms with van der Waals surface area (Å²) in [5.41, 5.74) is 3.56. The van der Waals surface area contributed by atoms with Crippen molar-refractivity contribution in [2.45, 2.75) is 37.9 Å². The molecule has 2 fully saturated rings. The van der Waals surface area contributed by atoms with Gasteiger partial charge in [-0.25, -0.2) is 0 Å². The molecule has 27 heavy (non-hydrogen) atoms. The highest BCUT2D eigenvalue weighted by molar-refractivity contribution is 5.77. The Morgan fingerprint density at radius 1 is 0.852 bits per heavy atom. The lowest BCUT2D eigenvalue weighted by atomic mass is 9.79. The van der Waals surface area contributed by atoms with Crippen molar-refractivity contribution in [3.63, 3.8) is 0 Å². The van der Waals surface area contributed by atoms with Gasteiger partial charge in [0.05, 0.1) is 12.2 Å². The molecule has 2 aliphatic rings. The minimum absolute atomic E-state index is 0.181. The van der Waals surface area contributed by atoms with Gasteiger partial charge in [0.25, 0.3) is 0 Å². The number of carbonyl (C=O) groups excluding carboxylic acids is 1. The summed E-state index contributed by atoms with van der Waals surface area (Å²) in [6.45, 7) is 1.44. The highest BCUT2D eigenvalue weighted by Crippen LogP contribution is 2.36. The maximum atomic E-state index is 12.6. The zero-order valence-corrected chi connectivity index (χ0v) is 15.5. The lowest BCUT2D eigenvalue weighted by Gasteiger charge is -2.31. The summed E-state index contributed by atoms with van der Waals surface area (Å²) in [6, 6.07) is 18.7. The van der Waals surface area contributed by atoms with Gasteiger partial charge in [0.15, 0.2) is 0 Å². The topological polar surface area (TPSA) is 60.8 Å². The number of likely N-dealkylation sites (tertiary alicyclic amines) is 1. The van der Waals surface area contributed by atoms with Crippen LogP contribution < -0.4 is 0 Å². The highest BCUT2D eigenvalue weighted by Gasteiger charge is 2.42. The van der Waals surface area contributed by atoms with E-state index in [-0.39, 0.29) is 5.91 Å². The molecule has 0 radical (unpaired) electrons. The predicted octanol–water partition coefficient (Wildman–Crippen LogP) is 2.88. The molecule has 2 N–H and O–H groups in total. The highest BCUT2D eigenvalue weighted by atomic mass is 16.3. The lowest BCUT2D eigenvalue weighted by molar-refractivity contribution is -0.130. The molecule has 1 saturated heterocycles. The number of aliphatic hydroxyl groups is 2. The van der Waals surface area contributed by atoms with Crippen LogP contribution in [0.5, 0.6) is 0 Å². The molecule has 142 valence electrons. The van der Waals surface area contributed by atoms with Crippen molar-refractivity contribution in [2.24, 2.45) is 11.8 Å². The summed E-state index contributed by atoms with van der Waals surface area (Å²) >= 11 is 0. The zero-order chi connectivity index (χ0) is 18.8. The van der Waals surface area contributed by atoms with E-state index in [0.29, 0.717) is 31.1 Å². The largest absolute Gasteiger partial charge is 0.390 e. The molecule has 1 aliphatic heterocycles. The van der Waals surface area contributed by atoms with Gasteiger partial charge in [-0.2, -0.15) is 0 Å². The van der Waals surface area contributed by atoms with E-state index < -0.39 is 12.2 Å². The molecule has 0 bridgehead atoms. The van der Waals surface area contributed by atoms with Crippen LogP contribution in [0.25, 0.3) is 11.1 Å². The molecule has 2 aromatic carbocycles. The molecule has 1 heterocycles. The van der Waals surface area contributed by atoms with Gasteiger partial charge in [0.1, 0.15) is 0 Å². The van der Waals surface area contributed by atoms with Crippen molar-refractivity contribution in [3.8, 4) is 11.1 Å². The van der Waals surface area contributed by atoms with Crippen molar-refractivity contribution >= 4 is 5.91 Å². The van der Waals surface area contributed by atoms with Crippen LogP contribution in [0.15, 0.2) is 54.6 Å². The quantitative estimate of drug-likeness (QED) is 0.876. The molecule has 1 amide bonds. The van der Waals surface area contributed by atoms with Crippen molar-refractivity contribution in [2.75, 3.05) is 13.1 Å². The molecule has 1 saturated carbocycles. The fourth-order valence-electron chi connectivity index (χ4n) is 4.51. The molecule has 4 nitrogen and oxygen atoms in total. The number of amides is 1. The summed E-state index contributed by atoms with van der Waals surface area (Å²) in [4.78, 5) is 14.5. The van der Waals surface area contributed by atoms with Gasteiger partial charge in [-0.1, -0.05) is 54.6 Å². The number of fused-ring (bicyclic) bond motifs is 1. The number of nitrogens with zero attached hydrogens (tertiary/aromatic N) is 1. The standard InChI is InChI=1S/C23H27NO3/c25-21-12-19-14-24(15-20(19)13-22(21)26)23(27)11-8-16-6-9-18(10-7-16)17-4-2-1-3-5-17/h1-7,9-10,19-22,25-26H,8,11-15H2. The number of rotatable bonds is 4. The minimum atomic E-state index is -0.635. The van der Waals surface area contributed by atoms with Crippen LogP contribution in [0, 0.1) is 11.8 Å². The summed E-state index contributed by atoms with van der Waals surface area (Å²) in [7, 11) is 0. The molecule has 0 aromatic heterocycles. The van der Waals surface area contributed by atoms with Gasteiger partial charge < -0.3 is 15.1 Å². The molecule has 1 aliphatic carbocycles. The second-order valence-corrected chi connectivity index (χ2v) is 7.99. The van der Waals surface area contributed by atoms with E-state index >= 15 is 0 Å². The van der Waals surface area contributed by atoms with Crippen LogP contribution >= 0.6 is 0 Å². The Labute approximate surface area is 160 Å². The molecular formula is C23H27NO3. The first-order valence-electron chi connectivity index (χ1n) is 9.88. The van der Waals surface area contributed by atoms with E-state index in [1.54, 1.807) is 0 Å². The van der Waals surface area contributed by atoms with Gasteiger partial charge >= 0.3 is 0 Å². The van der Waals surface area contributed by atoms with E-state index in [1.807, 2.05) is 23.1 Å². The van der Waals surface area contributed by atoms with Crippen molar-refractivity contribution in [1.82, 2.24) is 4.90 Å². The fraction of sp³-hybridized carbons (Fsp3) is 0.435. The smallest absolute Gasteiger partial charge is 0.222 e. The summed E-state index contributed by atoms with van der Waals surface area (Å²) in [5, 5.41) is 19.7. The van der Waals surface area contributed by atoms with E-state index in [4.69, 9.17) is 0 Å². The van der Waals surface area contributed by atoms with Crippen LogP contribution in [0.1, 0.15) is 24.8 Å². The first-order valence-corrected chi connectivity index (χ1v) is 9.88. The van der Waals surface area contributed by atoms with E-state index in [0.717, 1.165) is 19.5 Å². The first kappa shape index (κ1) is 18.2. The Balaban J connectivity index is 1.31. The molecule has 4 unspecified atom stereocenters. The van der Waals surface area contributed by atoms with Crippen molar-refractivity contribution < 1.29 is 15.0 Å². The summed E-state index contributed by atoms with van der Waals surface area (Å²) in [5.74, 6) is 0.843. The molecule has 4 heteroatoms. The SMILES string of the molecule is O=C(CCc1ccc(-c2ccccc2)cc1)N1CC2CC(O)C(O)CC2C1. The number of hydrogen-bond acceptors (Lipinski definition) is 3. The van der Waals surface area contributed by atoms with Crippen molar-refractivity contribution in [1.29, 1.82) is 0 Å². The fourth-order valence-corrected chi connectivity index (χ4v) is 4.51. The lowest BCUT2D eigenvalue weighted by Crippen LogP contribution is -2.38. The molecule has 2 aromatic rings. The normalized spacial score (nSPS) is 27.4. The van der Waals surface area contributed by atoms with Gasteiger partial charge in [-0.15, -0.1) is 0 Å². The van der Waals surface area contributed by atoms with E-state index in [2.05, 4.69) is 36.4 Å². The maximum Gasteiger partial charge on any atom is 0.222 e. The third-order valence-electron chi connectivity index (χ3n) is 6.15. The number of aliphatic hydroxyl groups excluding tert-OH is 2. The Bertz CT molecular complexity index is 756. The van der Waals surface area contributed by atoms with Gasteiger partial charge in [0, 0.05) is 19.5 Å². The molecule has 4 rings (SSSR count). The average molecular weight is 365 g/mol. The van der Waals surface area contributed by atoms with E-state index in [1.165, 1.54) is 16.7 Å². The predicted molar refractivity (Wildman–Crippen MR) is 105 cm³/mol. The molecular weight excluding hydrogens is 338 g/mol. The molecule has 4 atom stereocenters. The Kier molecular flexibility index (Phi) is 5.28. The Hall–Kier alpha value is -2.17. The third-order valence-corrected chi connectivity index (χ3v) is 6.15. The van der Waals surface area contributed by atoms with Crippen LogP contribution in [0.2, 0.25) is 0 Å². The number of aryl methyl sites for hydroxylation is 1. The Morgan fingerprint density at radius 2 is 1.41 bits per heavy atom. The average Bonchev–Trinajstić information content (AvgIpc) is 3.10. The second-order valence-electron chi connectivity index (χ2n) is 7.99. The van der Waals surface area contributed by atoms with Gasteiger partial charge in [0.2, 0.25) is 5.91 Å². The van der Waals surface area contributed by atoms with Gasteiger partial charge in [-0.3, -0.25) is 4.79 Å². The zero-order valence-electron chi connectivity index (χ0n) is 15.5. The van der Waals surface area contributed by atoms with Crippen molar-refractivity contribution in [3.05, 3.63) is 60.2 Å². The second kappa shape index (κ2) is 7.83. The summed E-state index contributed by atoms with van der Waals surface area (Å²) < 4.78 is 0. The number of hydrogen-bond donors (Lipinski definition) is 2. The number of benzene rings is 2. The Morgan fingerprint density at radius 3 is 2.00 bits per heavy atom. The molecule has 0 spiro atoms. The number of carbonyl (C=O) groups is 1. The first-order chi connectivity index (χ1) is 13.1. The summed E-state index contributed by atoms with van der Waals surface area (Å²) in [6.07, 6.45) is 1.20. The van der Waals surface area contributed by atoms with Crippen LogP contribution in [-0.2, 0) is 11.2 Å². The van der Waals surface area contributed by atoms with E-state index in [9.17, 15) is 15.0 Å². The maximum absolute atomic E-state index is 12.6.